The van der Waals surface area contributed by atoms with Crippen LogP contribution in [0.2, 0.25) is 0 Å². The van der Waals surface area contributed by atoms with Gasteiger partial charge in [-0.25, -0.2) is 9.78 Å². The second-order valence-corrected chi connectivity index (χ2v) is 6.02. The van der Waals surface area contributed by atoms with Crippen LogP contribution >= 0.6 is 0 Å². The highest BCUT2D eigenvalue weighted by Crippen LogP contribution is 2.25. The molecule has 0 aliphatic heterocycles. The van der Waals surface area contributed by atoms with E-state index in [9.17, 15) is 9.59 Å². The SMILES string of the molecule is Cc1nc2c([nH]1)CC(C(=O)Nc1ccc3[nH]c(=O)[nH]c3c1)CC2. The van der Waals surface area contributed by atoms with E-state index in [1.807, 2.05) is 6.92 Å². The number of hydrogen-bond acceptors (Lipinski definition) is 3. The van der Waals surface area contributed by atoms with Gasteiger partial charge in [0.05, 0.1) is 16.7 Å². The van der Waals surface area contributed by atoms with E-state index in [0.29, 0.717) is 17.6 Å². The molecule has 118 valence electrons. The first-order valence-corrected chi connectivity index (χ1v) is 7.66. The Morgan fingerprint density at radius 2 is 2.09 bits per heavy atom. The Balaban J connectivity index is 1.51. The van der Waals surface area contributed by atoms with Crippen molar-refractivity contribution in [3.63, 3.8) is 0 Å². The molecule has 0 radical (unpaired) electrons. The second-order valence-electron chi connectivity index (χ2n) is 6.02. The number of nitrogens with one attached hydrogen (secondary N) is 4. The van der Waals surface area contributed by atoms with E-state index in [1.165, 1.54) is 0 Å². The van der Waals surface area contributed by atoms with Gasteiger partial charge in [0.25, 0.3) is 0 Å². The summed E-state index contributed by atoms with van der Waals surface area (Å²) in [6, 6.07) is 5.33. The molecule has 1 atom stereocenters. The molecule has 0 saturated heterocycles. The maximum Gasteiger partial charge on any atom is 0.323 e. The number of imidazole rings is 2. The zero-order valence-electron chi connectivity index (χ0n) is 12.7. The molecule has 0 spiro atoms. The number of aromatic amines is 3. The molecule has 1 aliphatic carbocycles. The number of fused-ring (bicyclic) bond motifs is 2. The summed E-state index contributed by atoms with van der Waals surface area (Å²) < 4.78 is 0. The number of benzene rings is 1. The Morgan fingerprint density at radius 1 is 1.26 bits per heavy atom. The highest BCUT2D eigenvalue weighted by atomic mass is 16.2. The quantitative estimate of drug-likeness (QED) is 0.578. The number of carbonyl (C=O) groups is 1. The van der Waals surface area contributed by atoms with Gasteiger partial charge in [0.1, 0.15) is 5.82 Å². The minimum Gasteiger partial charge on any atom is -0.346 e. The van der Waals surface area contributed by atoms with Gasteiger partial charge in [-0.1, -0.05) is 0 Å². The topological polar surface area (TPSA) is 106 Å². The number of aromatic nitrogens is 4. The maximum atomic E-state index is 12.5. The maximum absolute atomic E-state index is 12.5. The molecule has 7 heteroatoms. The van der Waals surface area contributed by atoms with E-state index in [4.69, 9.17) is 0 Å². The first kappa shape index (κ1) is 13.8. The fourth-order valence-electron chi connectivity index (χ4n) is 3.20. The third kappa shape index (κ3) is 2.54. The van der Waals surface area contributed by atoms with Crippen LogP contribution in [0.25, 0.3) is 11.0 Å². The lowest BCUT2D eigenvalue weighted by atomic mass is 9.89. The summed E-state index contributed by atoms with van der Waals surface area (Å²) in [6.45, 7) is 1.93. The molecule has 2 heterocycles. The summed E-state index contributed by atoms with van der Waals surface area (Å²) in [5, 5.41) is 2.94. The van der Waals surface area contributed by atoms with Crippen LogP contribution < -0.4 is 11.0 Å². The van der Waals surface area contributed by atoms with Crippen molar-refractivity contribution >= 4 is 22.6 Å². The van der Waals surface area contributed by atoms with Gasteiger partial charge in [-0.15, -0.1) is 0 Å². The summed E-state index contributed by atoms with van der Waals surface area (Å²) in [4.78, 5) is 36.8. The normalized spacial score (nSPS) is 17.2. The second kappa shape index (κ2) is 5.12. The van der Waals surface area contributed by atoms with Crippen molar-refractivity contribution in [1.82, 2.24) is 19.9 Å². The van der Waals surface area contributed by atoms with Gasteiger partial charge in [-0.3, -0.25) is 4.79 Å². The average molecular weight is 311 g/mol. The number of anilines is 1. The largest absolute Gasteiger partial charge is 0.346 e. The van der Waals surface area contributed by atoms with Crippen molar-refractivity contribution in [1.29, 1.82) is 0 Å². The van der Waals surface area contributed by atoms with Crippen LogP contribution in [0.4, 0.5) is 5.69 Å². The van der Waals surface area contributed by atoms with Gasteiger partial charge in [0, 0.05) is 23.7 Å². The summed E-state index contributed by atoms with van der Waals surface area (Å²) in [5.41, 5.74) is 3.99. The van der Waals surface area contributed by atoms with Gasteiger partial charge >= 0.3 is 5.69 Å². The zero-order valence-corrected chi connectivity index (χ0v) is 12.7. The molecule has 4 rings (SSSR count). The van der Waals surface area contributed by atoms with Crippen LogP contribution in [0.3, 0.4) is 0 Å². The molecule has 4 N–H and O–H groups in total. The minimum atomic E-state index is -0.252. The van der Waals surface area contributed by atoms with Gasteiger partial charge in [0.2, 0.25) is 5.91 Å². The zero-order chi connectivity index (χ0) is 16.0. The highest BCUT2D eigenvalue weighted by Gasteiger charge is 2.26. The van der Waals surface area contributed by atoms with Crippen molar-refractivity contribution in [3.05, 3.63) is 45.9 Å². The molecule has 7 nitrogen and oxygen atoms in total. The molecule has 23 heavy (non-hydrogen) atoms. The highest BCUT2D eigenvalue weighted by molar-refractivity contribution is 5.94. The number of rotatable bonds is 2. The third-order valence-electron chi connectivity index (χ3n) is 4.32. The number of aryl methyl sites for hydroxylation is 2. The van der Waals surface area contributed by atoms with Crippen LogP contribution in [0.15, 0.2) is 23.0 Å². The monoisotopic (exact) mass is 311 g/mol. The van der Waals surface area contributed by atoms with E-state index in [-0.39, 0.29) is 17.5 Å². The lowest BCUT2D eigenvalue weighted by Gasteiger charge is -2.20. The summed E-state index contributed by atoms with van der Waals surface area (Å²) in [6.07, 6.45) is 2.31. The van der Waals surface area contributed by atoms with Crippen molar-refractivity contribution in [2.24, 2.45) is 5.92 Å². The molecule has 0 fully saturated rings. The van der Waals surface area contributed by atoms with Crippen molar-refractivity contribution in [2.45, 2.75) is 26.2 Å². The molecule has 0 saturated carbocycles. The van der Waals surface area contributed by atoms with Crippen LogP contribution in [-0.4, -0.2) is 25.8 Å². The smallest absolute Gasteiger partial charge is 0.323 e. The van der Waals surface area contributed by atoms with Crippen molar-refractivity contribution in [3.8, 4) is 0 Å². The Labute approximate surface area is 131 Å². The number of H-pyrrole nitrogens is 3. The third-order valence-corrected chi connectivity index (χ3v) is 4.32. The van der Waals surface area contributed by atoms with Gasteiger partial charge in [0.15, 0.2) is 0 Å². The van der Waals surface area contributed by atoms with Gasteiger partial charge in [-0.2, -0.15) is 0 Å². The van der Waals surface area contributed by atoms with Crippen LogP contribution in [0.1, 0.15) is 23.6 Å². The molecule has 1 aliphatic rings. The Kier molecular flexibility index (Phi) is 3.07. The summed E-state index contributed by atoms with van der Waals surface area (Å²) in [5.74, 6) is 0.835. The van der Waals surface area contributed by atoms with Crippen LogP contribution in [-0.2, 0) is 17.6 Å². The predicted molar refractivity (Wildman–Crippen MR) is 86.4 cm³/mol. The summed E-state index contributed by atoms with van der Waals surface area (Å²) >= 11 is 0. The van der Waals surface area contributed by atoms with E-state index < -0.39 is 0 Å². The van der Waals surface area contributed by atoms with E-state index in [2.05, 4.69) is 25.3 Å². The molecule has 1 unspecified atom stereocenters. The number of nitrogens with zero attached hydrogens (tertiary/aromatic N) is 1. The fourth-order valence-corrected chi connectivity index (χ4v) is 3.20. The molecule has 2 aromatic heterocycles. The molecule has 1 amide bonds. The van der Waals surface area contributed by atoms with Crippen molar-refractivity contribution < 1.29 is 4.79 Å². The lowest BCUT2D eigenvalue weighted by molar-refractivity contribution is -0.120. The van der Waals surface area contributed by atoms with Gasteiger partial charge < -0.3 is 20.3 Å². The standard InChI is InChI=1S/C16H17N5O2/c1-8-17-11-4-2-9(6-13(11)18-8)15(22)19-10-3-5-12-14(7-10)21-16(23)20-12/h3,5,7,9H,2,4,6H2,1H3,(H,17,18)(H,19,22)(H2,20,21,23). The first-order valence-electron chi connectivity index (χ1n) is 7.66. The van der Waals surface area contributed by atoms with E-state index >= 15 is 0 Å². The first-order chi connectivity index (χ1) is 11.1. The van der Waals surface area contributed by atoms with E-state index in [0.717, 1.165) is 35.6 Å². The number of hydrogen-bond donors (Lipinski definition) is 4. The molecular formula is C16H17N5O2. The Bertz CT molecular complexity index is 949. The minimum absolute atomic E-state index is 0.000126. The average Bonchev–Trinajstić information content (AvgIpc) is 3.06. The number of carbonyl (C=O) groups excluding carboxylic acids is 1. The fraction of sp³-hybridized carbons (Fsp3) is 0.312. The predicted octanol–water partition coefficient (Wildman–Crippen LogP) is 1.63. The van der Waals surface area contributed by atoms with E-state index in [1.54, 1.807) is 18.2 Å². The molecule has 0 bridgehead atoms. The molecular weight excluding hydrogens is 294 g/mol. The van der Waals surface area contributed by atoms with Crippen LogP contribution in [0, 0.1) is 12.8 Å². The van der Waals surface area contributed by atoms with Crippen molar-refractivity contribution in [2.75, 3.05) is 5.32 Å². The Morgan fingerprint density at radius 3 is 2.96 bits per heavy atom. The van der Waals surface area contributed by atoms with Crippen LogP contribution in [0.5, 0.6) is 0 Å². The Hall–Kier alpha value is -2.83. The summed E-state index contributed by atoms with van der Waals surface area (Å²) in [7, 11) is 0. The van der Waals surface area contributed by atoms with Gasteiger partial charge in [-0.05, 0) is 38.0 Å². The number of amides is 1. The lowest BCUT2D eigenvalue weighted by Crippen LogP contribution is -2.28. The molecule has 3 aromatic rings. The molecule has 1 aromatic carbocycles.